The van der Waals surface area contributed by atoms with Gasteiger partial charge >= 0.3 is 0 Å². The first-order chi connectivity index (χ1) is 8.29. The largest absolute Gasteiger partial charge is 0.357 e. The molecule has 0 spiro atoms. The van der Waals surface area contributed by atoms with Crippen molar-refractivity contribution >= 4 is 10.9 Å². The van der Waals surface area contributed by atoms with Crippen LogP contribution in [0.25, 0.3) is 10.9 Å². The Morgan fingerprint density at radius 3 is 3.18 bits per heavy atom. The third-order valence-corrected chi connectivity index (χ3v) is 3.62. The van der Waals surface area contributed by atoms with Crippen LogP contribution in [0.4, 0.5) is 4.39 Å². The second-order valence-electron chi connectivity index (χ2n) is 4.71. The summed E-state index contributed by atoms with van der Waals surface area (Å²) in [6.45, 7) is 3.09. The molecule has 0 radical (unpaired) electrons. The third-order valence-electron chi connectivity index (χ3n) is 3.62. The van der Waals surface area contributed by atoms with E-state index in [1.54, 1.807) is 6.07 Å². The molecule has 2 nitrogen and oxygen atoms in total. The molecular weight excluding hydrogens is 215 g/mol. The van der Waals surface area contributed by atoms with Crippen molar-refractivity contribution in [1.82, 2.24) is 10.3 Å². The van der Waals surface area contributed by atoms with Gasteiger partial charge in [-0.1, -0.05) is 6.92 Å². The second-order valence-corrected chi connectivity index (χ2v) is 4.71. The molecule has 90 valence electrons. The van der Waals surface area contributed by atoms with Gasteiger partial charge in [0, 0.05) is 22.6 Å². The highest BCUT2D eigenvalue weighted by Gasteiger charge is 2.23. The first kappa shape index (κ1) is 10.8. The minimum absolute atomic E-state index is 0.148. The van der Waals surface area contributed by atoms with E-state index in [9.17, 15) is 4.39 Å². The number of rotatable bonds is 2. The summed E-state index contributed by atoms with van der Waals surface area (Å²) in [6.07, 6.45) is 3.39. The maximum atomic E-state index is 13.3. The van der Waals surface area contributed by atoms with Crippen LogP contribution in [0.3, 0.4) is 0 Å². The molecule has 0 amide bonds. The van der Waals surface area contributed by atoms with E-state index in [4.69, 9.17) is 0 Å². The van der Waals surface area contributed by atoms with Gasteiger partial charge in [-0.15, -0.1) is 0 Å². The molecule has 1 aromatic carbocycles. The maximum Gasteiger partial charge on any atom is 0.123 e. The first-order valence-electron chi connectivity index (χ1n) is 6.33. The Balaban J connectivity index is 2.15. The summed E-state index contributed by atoms with van der Waals surface area (Å²) in [5.41, 5.74) is 3.62. The maximum absolute atomic E-state index is 13.3. The fourth-order valence-electron chi connectivity index (χ4n) is 2.89. The third kappa shape index (κ3) is 1.75. The summed E-state index contributed by atoms with van der Waals surface area (Å²) in [7, 11) is 0. The lowest BCUT2D eigenvalue weighted by Crippen LogP contribution is -2.24. The molecule has 1 aliphatic carbocycles. The Labute approximate surface area is 100 Å². The molecule has 3 rings (SSSR count). The minimum atomic E-state index is -0.148. The Bertz CT molecular complexity index is 544. The standard InChI is InChI=1S/C14H17FN2/c1-2-16-13-5-3-4-10-11-8-9(15)6-7-12(11)17-14(10)13/h6-8,13,16-17H,2-5H2,1H3. The number of fused-ring (bicyclic) bond motifs is 3. The molecule has 0 bridgehead atoms. The first-order valence-corrected chi connectivity index (χ1v) is 6.33. The van der Waals surface area contributed by atoms with Gasteiger partial charge < -0.3 is 10.3 Å². The molecule has 0 aliphatic heterocycles. The molecule has 1 aliphatic rings. The average molecular weight is 232 g/mol. The van der Waals surface area contributed by atoms with Gasteiger partial charge in [0.05, 0.1) is 0 Å². The molecule has 2 N–H and O–H groups in total. The average Bonchev–Trinajstić information content (AvgIpc) is 2.69. The Morgan fingerprint density at radius 1 is 1.47 bits per heavy atom. The number of halogens is 1. The van der Waals surface area contributed by atoms with Gasteiger partial charge in [-0.05, 0) is 49.6 Å². The van der Waals surface area contributed by atoms with E-state index in [1.807, 2.05) is 6.07 Å². The van der Waals surface area contributed by atoms with Crippen LogP contribution < -0.4 is 5.32 Å². The molecule has 3 heteroatoms. The van der Waals surface area contributed by atoms with Crippen molar-refractivity contribution in [2.75, 3.05) is 6.54 Å². The van der Waals surface area contributed by atoms with Crippen LogP contribution in [0.5, 0.6) is 0 Å². The van der Waals surface area contributed by atoms with Crippen LogP contribution in [-0.2, 0) is 6.42 Å². The van der Waals surface area contributed by atoms with Gasteiger partial charge in [0.2, 0.25) is 0 Å². The van der Waals surface area contributed by atoms with Crippen LogP contribution >= 0.6 is 0 Å². The molecule has 1 unspecified atom stereocenters. The zero-order chi connectivity index (χ0) is 11.8. The number of aromatic amines is 1. The number of aromatic nitrogens is 1. The van der Waals surface area contributed by atoms with Crippen LogP contribution in [0, 0.1) is 5.82 Å². The summed E-state index contributed by atoms with van der Waals surface area (Å²) >= 11 is 0. The quantitative estimate of drug-likeness (QED) is 0.817. The van der Waals surface area contributed by atoms with Gasteiger partial charge in [-0.2, -0.15) is 0 Å². The van der Waals surface area contributed by atoms with E-state index in [0.717, 1.165) is 30.3 Å². The highest BCUT2D eigenvalue weighted by Crippen LogP contribution is 2.34. The van der Waals surface area contributed by atoms with Crippen molar-refractivity contribution < 1.29 is 4.39 Å². The van der Waals surface area contributed by atoms with E-state index in [1.165, 1.54) is 23.7 Å². The fraction of sp³-hybridized carbons (Fsp3) is 0.429. The lowest BCUT2D eigenvalue weighted by atomic mass is 9.92. The lowest BCUT2D eigenvalue weighted by Gasteiger charge is -2.23. The number of H-pyrrole nitrogens is 1. The lowest BCUT2D eigenvalue weighted by molar-refractivity contribution is 0.465. The zero-order valence-corrected chi connectivity index (χ0v) is 10.0. The molecule has 1 atom stereocenters. The summed E-state index contributed by atoms with van der Waals surface area (Å²) in [4.78, 5) is 3.45. The van der Waals surface area contributed by atoms with Crippen LogP contribution in [0.1, 0.15) is 37.1 Å². The highest BCUT2D eigenvalue weighted by molar-refractivity contribution is 5.85. The summed E-state index contributed by atoms with van der Waals surface area (Å²) in [5, 5.41) is 4.55. The Kier molecular flexibility index (Phi) is 2.63. The van der Waals surface area contributed by atoms with Gasteiger partial charge in [-0.3, -0.25) is 0 Å². The number of aryl methyl sites for hydroxylation is 1. The predicted octanol–water partition coefficient (Wildman–Crippen LogP) is 3.29. The molecular formula is C14H17FN2. The van der Waals surface area contributed by atoms with Crippen LogP contribution in [0.15, 0.2) is 18.2 Å². The Hall–Kier alpha value is -1.35. The SMILES string of the molecule is CCNC1CCCc2c1[nH]c1ccc(F)cc21. The van der Waals surface area contributed by atoms with E-state index < -0.39 is 0 Å². The van der Waals surface area contributed by atoms with E-state index in [2.05, 4.69) is 17.2 Å². The van der Waals surface area contributed by atoms with Crippen molar-refractivity contribution in [3.63, 3.8) is 0 Å². The van der Waals surface area contributed by atoms with Gasteiger partial charge in [0.25, 0.3) is 0 Å². The fourth-order valence-corrected chi connectivity index (χ4v) is 2.89. The number of hydrogen-bond acceptors (Lipinski definition) is 1. The smallest absolute Gasteiger partial charge is 0.123 e. The summed E-state index contributed by atoms with van der Waals surface area (Å²) in [5.74, 6) is -0.148. The van der Waals surface area contributed by atoms with Crippen molar-refractivity contribution in [3.8, 4) is 0 Å². The van der Waals surface area contributed by atoms with Crippen LogP contribution in [-0.4, -0.2) is 11.5 Å². The van der Waals surface area contributed by atoms with E-state index in [-0.39, 0.29) is 5.82 Å². The normalized spacial score (nSPS) is 19.5. The molecule has 17 heavy (non-hydrogen) atoms. The van der Waals surface area contributed by atoms with E-state index >= 15 is 0 Å². The van der Waals surface area contributed by atoms with Gasteiger partial charge in [0.1, 0.15) is 5.82 Å². The number of nitrogens with one attached hydrogen (secondary N) is 2. The summed E-state index contributed by atoms with van der Waals surface area (Å²) in [6, 6.07) is 5.41. The molecule has 1 aromatic heterocycles. The molecule has 1 heterocycles. The molecule has 0 saturated heterocycles. The molecule has 2 aromatic rings. The zero-order valence-electron chi connectivity index (χ0n) is 10.0. The van der Waals surface area contributed by atoms with Crippen molar-refractivity contribution in [2.45, 2.75) is 32.2 Å². The molecule has 0 saturated carbocycles. The van der Waals surface area contributed by atoms with Crippen molar-refractivity contribution in [2.24, 2.45) is 0 Å². The number of benzene rings is 1. The molecule has 0 fully saturated rings. The number of hydrogen-bond donors (Lipinski definition) is 2. The van der Waals surface area contributed by atoms with Crippen molar-refractivity contribution in [1.29, 1.82) is 0 Å². The van der Waals surface area contributed by atoms with Gasteiger partial charge in [0.15, 0.2) is 0 Å². The predicted molar refractivity (Wildman–Crippen MR) is 67.6 cm³/mol. The topological polar surface area (TPSA) is 27.8 Å². The van der Waals surface area contributed by atoms with Crippen molar-refractivity contribution in [3.05, 3.63) is 35.3 Å². The second kappa shape index (κ2) is 4.15. The minimum Gasteiger partial charge on any atom is -0.357 e. The van der Waals surface area contributed by atoms with Crippen LogP contribution in [0.2, 0.25) is 0 Å². The van der Waals surface area contributed by atoms with Gasteiger partial charge in [-0.25, -0.2) is 4.39 Å². The Morgan fingerprint density at radius 2 is 2.35 bits per heavy atom. The summed E-state index contributed by atoms with van der Waals surface area (Å²) < 4.78 is 13.3. The highest BCUT2D eigenvalue weighted by atomic mass is 19.1. The van der Waals surface area contributed by atoms with E-state index in [0.29, 0.717) is 6.04 Å². The monoisotopic (exact) mass is 232 g/mol.